The number of carbonyl (C=O) groups is 1. The molecule has 1 aliphatic heterocycles. The molecule has 8 nitrogen and oxygen atoms in total. The molecule has 0 saturated heterocycles. The maximum absolute atomic E-state index is 14.0. The summed E-state index contributed by atoms with van der Waals surface area (Å²) in [7, 11) is 3.21. The Bertz CT molecular complexity index is 1870. The fourth-order valence-corrected chi connectivity index (χ4v) is 6.27. The van der Waals surface area contributed by atoms with Gasteiger partial charge in [0.05, 0.1) is 42.7 Å². The van der Waals surface area contributed by atoms with Crippen LogP contribution in [0.15, 0.2) is 81.7 Å². The number of thiazole rings is 1. The molecule has 0 amide bonds. The number of esters is 1. The van der Waals surface area contributed by atoms with E-state index >= 15 is 0 Å². The number of hydrogen-bond donors (Lipinski definition) is 0. The van der Waals surface area contributed by atoms with E-state index in [2.05, 4.69) is 11.1 Å². The summed E-state index contributed by atoms with van der Waals surface area (Å²) in [6.45, 7) is 8.10. The molecule has 1 aromatic heterocycles. The molecule has 1 aliphatic rings. The van der Waals surface area contributed by atoms with Crippen LogP contribution < -0.4 is 29.1 Å². The number of carbonyl (C=O) groups excluding carboxylic acids is 1. The van der Waals surface area contributed by atoms with E-state index in [1.165, 1.54) is 11.3 Å². The molecule has 3 aromatic carbocycles. The molecule has 2 heterocycles. The minimum atomic E-state index is -0.694. The number of aromatic nitrogens is 1. The summed E-state index contributed by atoms with van der Waals surface area (Å²) in [5.74, 6) is 1.65. The molecule has 9 heteroatoms. The molecule has 1 unspecified atom stereocenters. The lowest BCUT2D eigenvalue weighted by Gasteiger charge is -2.24. The van der Waals surface area contributed by atoms with E-state index in [4.69, 9.17) is 18.9 Å². The van der Waals surface area contributed by atoms with Gasteiger partial charge in [-0.05, 0) is 92.4 Å². The van der Waals surface area contributed by atoms with Crippen molar-refractivity contribution < 1.29 is 23.7 Å². The average Bonchev–Trinajstić information content (AvgIpc) is 3.28. The van der Waals surface area contributed by atoms with Gasteiger partial charge in [-0.25, -0.2) is 9.79 Å². The third-order valence-corrected chi connectivity index (χ3v) is 8.12. The highest BCUT2D eigenvalue weighted by Crippen LogP contribution is 2.32. The summed E-state index contributed by atoms with van der Waals surface area (Å²) >= 11 is 1.28. The molecule has 0 spiro atoms. The van der Waals surface area contributed by atoms with E-state index in [1.54, 1.807) is 32.6 Å². The quantitative estimate of drug-likeness (QED) is 0.252. The molecule has 0 N–H and O–H groups in total. The number of fused-ring (bicyclic) bond motifs is 1. The molecule has 0 saturated carbocycles. The standard InChI is InChI=1S/C34H34N2O6S/c1-7-41-33(38)30-22(4)35-34-36(31(30)24-9-11-26(39-5)12-10-24)32(37)29(43-34)18-23-8-13-28(40-6)25(17-23)19-42-27-15-20(2)14-21(3)16-27/h8-18,31H,7,19H2,1-6H3/b29-18-. The maximum atomic E-state index is 14.0. The number of aryl methyl sites for hydroxylation is 2. The van der Waals surface area contributed by atoms with E-state index in [9.17, 15) is 9.59 Å². The SMILES string of the molecule is CCOC(=O)C1=C(C)N=c2s/c(=C\c3ccc(OC)c(COc4cc(C)cc(C)c4)c3)c(=O)n2C1c1ccc(OC)cc1. The van der Waals surface area contributed by atoms with Crippen molar-refractivity contribution in [1.29, 1.82) is 0 Å². The minimum absolute atomic E-state index is 0.211. The van der Waals surface area contributed by atoms with Gasteiger partial charge in [0.25, 0.3) is 5.56 Å². The normalized spacial score (nSPS) is 14.7. The molecule has 5 rings (SSSR count). The number of allylic oxidation sites excluding steroid dienone is 1. The van der Waals surface area contributed by atoms with E-state index in [-0.39, 0.29) is 12.2 Å². The lowest BCUT2D eigenvalue weighted by molar-refractivity contribution is -0.139. The zero-order valence-corrected chi connectivity index (χ0v) is 25.9. The number of rotatable bonds is 9. The van der Waals surface area contributed by atoms with Gasteiger partial charge in [-0.1, -0.05) is 35.6 Å². The van der Waals surface area contributed by atoms with E-state index < -0.39 is 12.0 Å². The van der Waals surface area contributed by atoms with E-state index in [1.807, 2.05) is 74.5 Å². The third-order valence-electron chi connectivity index (χ3n) is 7.14. The summed E-state index contributed by atoms with van der Waals surface area (Å²) in [6.07, 6.45) is 1.83. The van der Waals surface area contributed by atoms with Crippen LogP contribution in [0.3, 0.4) is 0 Å². The summed E-state index contributed by atoms with van der Waals surface area (Å²) in [5.41, 5.74) is 5.26. The zero-order chi connectivity index (χ0) is 30.7. The number of methoxy groups -OCH3 is 2. The Morgan fingerprint density at radius 3 is 2.33 bits per heavy atom. The highest BCUT2D eigenvalue weighted by atomic mass is 32.1. The smallest absolute Gasteiger partial charge is 0.338 e. The molecule has 0 aliphatic carbocycles. The van der Waals surface area contributed by atoms with Crippen LogP contribution in [0.25, 0.3) is 6.08 Å². The van der Waals surface area contributed by atoms with Gasteiger partial charge in [-0.2, -0.15) is 0 Å². The fourth-order valence-electron chi connectivity index (χ4n) is 5.22. The van der Waals surface area contributed by atoms with E-state index in [0.29, 0.717) is 38.7 Å². The number of nitrogens with zero attached hydrogens (tertiary/aromatic N) is 2. The second-order valence-corrected chi connectivity index (χ2v) is 11.3. The highest BCUT2D eigenvalue weighted by molar-refractivity contribution is 7.07. The van der Waals surface area contributed by atoms with Crippen molar-refractivity contribution in [2.75, 3.05) is 20.8 Å². The number of ether oxygens (including phenoxy) is 4. The predicted octanol–water partition coefficient (Wildman–Crippen LogP) is 5.01. The van der Waals surface area contributed by atoms with Crippen LogP contribution in [-0.2, 0) is 16.1 Å². The van der Waals surface area contributed by atoms with Crippen LogP contribution in [0.1, 0.15) is 47.7 Å². The second-order valence-electron chi connectivity index (χ2n) is 10.3. The molecule has 4 aromatic rings. The number of hydrogen-bond acceptors (Lipinski definition) is 8. The first-order valence-corrected chi connectivity index (χ1v) is 14.8. The molecular weight excluding hydrogens is 564 g/mol. The van der Waals surface area contributed by atoms with Gasteiger partial charge in [0, 0.05) is 5.56 Å². The Kier molecular flexibility index (Phi) is 8.82. The van der Waals surface area contributed by atoms with Crippen molar-refractivity contribution >= 4 is 23.4 Å². The first-order chi connectivity index (χ1) is 20.7. The van der Waals surface area contributed by atoms with Gasteiger partial charge in [-0.15, -0.1) is 0 Å². The van der Waals surface area contributed by atoms with Gasteiger partial charge in [0.1, 0.15) is 23.9 Å². The Balaban J connectivity index is 1.57. The molecule has 0 radical (unpaired) electrons. The molecule has 0 bridgehead atoms. The largest absolute Gasteiger partial charge is 0.497 e. The van der Waals surface area contributed by atoms with Gasteiger partial charge in [0.2, 0.25) is 0 Å². The highest BCUT2D eigenvalue weighted by Gasteiger charge is 2.33. The Labute approximate surface area is 254 Å². The monoisotopic (exact) mass is 598 g/mol. The zero-order valence-electron chi connectivity index (χ0n) is 25.1. The molecule has 222 valence electrons. The van der Waals surface area contributed by atoms with Crippen LogP contribution in [0, 0.1) is 13.8 Å². The predicted molar refractivity (Wildman–Crippen MR) is 167 cm³/mol. The first-order valence-electron chi connectivity index (χ1n) is 13.9. The third kappa shape index (κ3) is 6.27. The van der Waals surface area contributed by atoms with Gasteiger partial charge in [-0.3, -0.25) is 9.36 Å². The molecule has 43 heavy (non-hydrogen) atoms. The topological polar surface area (TPSA) is 88.4 Å². The maximum Gasteiger partial charge on any atom is 0.338 e. The summed E-state index contributed by atoms with van der Waals surface area (Å²) in [6, 6.07) is 18.4. The van der Waals surface area contributed by atoms with Crippen LogP contribution in [0.5, 0.6) is 17.2 Å². The lowest BCUT2D eigenvalue weighted by atomic mass is 9.96. The molecular formula is C34H34N2O6S. The van der Waals surface area contributed by atoms with Crippen molar-refractivity contribution in [2.45, 2.75) is 40.3 Å². The van der Waals surface area contributed by atoms with Crippen molar-refractivity contribution in [1.82, 2.24) is 4.57 Å². The van der Waals surface area contributed by atoms with Crippen molar-refractivity contribution in [2.24, 2.45) is 4.99 Å². The summed E-state index contributed by atoms with van der Waals surface area (Å²) < 4.78 is 24.5. The Morgan fingerprint density at radius 2 is 1.67 bits per heavy atom. The minimum Gasteiger partial charge on any atom is -0.497 e. The second kappa shape index (κ2) is 12.7. The fraction of sp³-hybridized carbons (Fsp3) is 0.265. The number of benzene rings is 3. The van der Waals surface area contributed by atoms with Crippen molar-refractivity contribution in [3.8, 4) is 17.2 Å². The van der Waals surface area contributed by atoms with Gasteiger partial charge >= 0.3 is 5.97 Å². The summed E-state index contributed by atoms with van der Waals surface area (Å²) in [5, 5.41) is 0. The van der Waals surface area contributed by atoms with Crippen LogP contribution in [-0.4, -0.2) is 31.4 Å². The van der Waals surface area contributed by atoms with E-state index in [0.717, 1.165) is 33.6 Å². The van der Waals surface area contributed by atoms with Crippen molar-refractivity contribution in [3.05, 3.63) is 119 Å². The first kappa shape index (κ1) is 29.8. The Morgan fingerprint density at radius 1 is 0.953 bits per heavy atom. The van der Waals surface area contributed by atoms with Gasteiger partial charge < -0.3 is 18.9 Å². The van der Waals surface area contributed by atoms with Crippen LogP contribution >= 0.6 is 11.3 Å². The van der Waals surface area contributed by atoms with Gasteiger partial charge in [0.15, 0.2) is 4.80 Å². The van der Waals surface area contributed by atoms with Crippen LogP contribution in [0.2, 0.25) is 0 Å². The van der Waals surface area contributed by atoms with Crippen molar-refractivity contribution in [3.63, 3.8) is 0 Å². The summed E-state index contributed by atoms with van der Waals surface area (Å²) in [4.78, 5) is 32.3. The lowest BCUT2D eigenvalue weighted by Crippen LogP contribution is -2.39. The Hall–Kier alpha value is -4.63. The molecule has 1 atom stereocenters. The average molecular weight is 599 g/mol. The van der Waals surface area contributed by atoms with Crippen LogP contribution in [0.4, 0.5) is 0 Å². The molecule has 0 fully saturated rings.